The zero-order valence-electron chi connectivity index (χ0n) is 8.98. The highest BCUT2D eigenvalue weighted by atomic mass is 14.9. The molecule has 0 spiro atoms. The summed E-state index contributed by atoms with van der Waals surface area (Å²) in [5.74, 6) is 0.959. The average molecular weight is 169 g/mol. The van der Waals surface area contributed by atoms with Gasteiger partial charge in [0.1, 0.15) is 0 Å². The zero-order chi connectivity index (χ0) is 9.19. The van der Waals surface area contributed by atoms with Crippen LogP contribution in [0.5, 0.6) is 0 Å². The number of rotatable bonds is 1. The Morgan fingerprint density at radius 1 is 1.33 bits per heavy atom. The van der Waals surface area contributed by atoms with E-state index in [1.807, 2.05) is 0 Å². The molecule has 0 amide bonds. The quantitative estimate of drug-likeness (QED) is 0.636. The van der Waals surface area contributed by atoms with Crippen LogP contribution >= 0.6 is 0 Å². The van der Waals surface area contributed by atoms with E-state index in [1.54, 1.807) is 0 Å². The van der Waals surface area contributed by atoms with Crippen molar-refractivity contribution < 1.29 is 0 Å². The summed E-state index contributed by atoms with van der Waals surface area (Å²) < 4.78 is 0. The van der Waals surface area contributed by atoms with E-state index in [1.165, 1.54) is 25.8 Å². The van der Waals surface area contributed by atoms with Crippen LogP contribution in [0.2, 0.25) is 0 Å². The van der Waals surface area contributed by atoms with E-state index in [4.69, 9.17) is 0 Å². The molecule has 0 aliphatic carbocycles. The molecule has 0 aromatic carbocycles. The predicted octanol–water partition coefficient (Wildman–Crippen LogP) is 2.81. The Balaban J connectivity index is 2.32. The Morgan fingerprint density at radius 2 is 2.00 bits per heavy atom. The third-order valence-electron chi connectivity index (χ3n) is 2.63. The van der Waals surface area contributed by atoms with Gasteiger partial charge in [-0.3, -0.25) is 0 Å². The van der Waals surface area contributed by atoms with Crippen molar-refractivity contribution >= 4 is 0 Å². The maximum Gasteiger partial charge on any atom is 0.00413 e. The molecular weight excluding hydrogens is 146 g/mol. The van der Waals surface area contributed by atoms with Gasteiger partial charge in [-0.25, -0.2) is 0 Å². The van der Waals surface area contributed by atoms with Crippen molar-refractivity contribution in [2.24, 2.45) is 11.3 Å². The molecule has 1 rings (SSSR count). The van der Waals surface area contributed by atoms with Crippen LogP contribution in [-0.4, -0.2) is 12.6 Å². The van der Waals surface area contributed by atoms with Crippen molar-refractivity contribution in [2.75, 3.05) is 6.54 Å². The van der Waals surface area contributed by atoms with Gasteiger partial charge in [0.15, 0.2) is 0 Å². The minimum absolute atomic E-state index is 0.516. The standard InChI is InChI=1S/C11H23N/c1-9-7-10(5-6-12-9)8-11(2,3)4/h9-10,12H,5-8H2,1-4H3/t9-,10-/m0/s1. The Hall–Kier alpha value is -0.0400. The maximum atomic E-state index is 3.50. The van der Waals surface area contributed by atoms with Crippen molar-refractivity contribution in [3.05, 3.63) is 0 Å². The van der Waals surface area contributed by atoms with Gasteiger partial charge in [-0.15, -0.1) is 0 Å². The second-order valence-electron chi connectivity index (χ2n) is 5.51. The topological polar surface area (TPSA) is 12.0 Å². The molecule has 1 aliphatic heterocycles. The summed E-state index contributed by atoms with van der Waals surface area (Å²) in [7, 11) is 0. The normalized spacial score (nSPS) is 32.0. The average Bonchev–Trinajstić information content (AvgIpc) is 1.82. The first-order valence-electron chi connectivity index (χ1n) is 5.21. The van der Waals surface area contributed by atoms with E-state index < -0.39 is 0 Å². The summed E-state index contributed by atoms with van der Waals surface area (Å²) in [6.45, 7) is 10.6. The minimum Gasteiger partial charge on any atom is -0.314 e. The fraction of sp³-hybridized carbons (Fsp3) is 1.00. The van der Waals surface area contributed by atoms with Crippen LogP contribution in [0, 0.1) is 11.3 Å². The van der Waals surface area contributed by atoms with E-state index >= 15 is 0 Å². The molecule has 0 bridgehead atoms. The van der Waals surface area contributed by atoms with Crippen LogP contribution < -0.4 is 5.32 Å². The zero-order valence-corrected chi connectivity index (χ0v) is 8.98. The van der Waals surface area contributed by atoms with E-state index in [2.05, 4.69) is 33.0 Å². The maximum absolute atomic E-state index is 3.50. The van der Waals surface area contributed by atoms with Crippen LogP contribution in [0.25, 0.3) is 0 Å². The lowest BCUT2D eigenvalue weighted by Crippen LogP contribution is -2.36. The van der Waals surface area contributed by atoms with Crippen LogP contribution in [0.15, 0.2) is 0 Å². The predicted molar refractivity (Wildman–Crippen MR) is 54.3 cm³/mol. The van der Waals surface area contributed by atoms with Gasteiger partial charge >= 0.3 is 0 Å². The molecule has 1 aliphatic rings. The molecule has 1 heteroatoms. The summed E-state index contributed by atoms with van der Waals surface area (Å²) >= 11 is 0. The monoisotopic (exact) mass is 169 g/mol. The number of hydrogen-bond donors (Lipinski definition) is 1. The molecule has 1 heterocycles. The van der Waals surface area contributed by atoms with Crippen molar-refractivity contribution in [1.29, 1.82) is 0 Å². The van der Waals surface area contributed by atoms with Gasteiger partial charge in [0, 0.05) is 6.04 Å². The van der Waals surface area contributed by atoms with Crippen molar-refractivity contribution in [2.45, 2.75) is 53.0 Å². The summed E-state index contributed by atoms with van der Waals surface area (Å²) in [6, 6.07) is 0.742. The first-order chi connectivity index (χ1) is 5.47. The Labute approximate surface area is 76.9 Å². The molecule has 1 N–H and O–H groups in total. The van der Waals surface area contributed by atoms with Gasteiger partial charge in [-0.1, -0.05) is 20.8 Å². The minimum atomic E-state index is 0.516. The molecule has 72 valence electrons. The molecule has 1 saturated heterocycles. The molecule has 1 fully saturated rings. The molecular formula is C11H23N. The molecule has 2 atom stereocenters. The van der Waals surface area contributed by atoms with Crippen LogP contribution in [0.1, 0.15) is 47.0 Å². The lowest BCUT2D eigenvalue weighted by Gasteiger charge is -2.32. The van der Waals surface area contributed by atoms with Crippen LogP contribution in [0.4, 0.5) is 0 Å². The van der Waals surface area contributed by atoms with Crippen LogP contribution in [0.3, 0.4) is 0 Å². The smallest absolute Gasteiger partial charge is 0.00413 e. The highest BCUT2D eigenvalue weighted by Crippen LogP contribution is 2.30. The van der Waals surface area contributed by atoms with E-state index in [0.29, 0.717) is 5.41 Å². The molecule has 0 unspecified atom stereocenters. The first kappa shape index (κ1) is 10.0. The SMILES string of the molecule is C[C@H]1C[C@@H](CC(C)(C)C)CCN1. The fourth-order valence-corrected chi connectivity index (χ4v) is 2.29. The molecule has 0 aromatic rings. The van der Waals surface area contributed by atoms with Gasteiger partial charge < -0.3 is 5.32 Å². The second kappa shape index (κ2) is 3.78. The molecule has 1 nitrogen and oxygen atoms in total. The Morgan fingerprint density at radius 3 is 2.50 bits per heavy atom. The Kier molecular flexibility index (Phi) is 3.16. The summed E-state index contributed by atoms with van der Waals surface area (Å²) in [4.78, 5) is 0. The number of nitrogens with one attached hydrogen (secondary N) is 1. The van der Waals surface area contributed by atoms with Gasteiger partial charge in [0.25, 0.3) is 0 Å². The lowest BCUT2D eigenvalue weighted by atomic mass is 9.79. The first-order valence-corrected chi connectivity index (χ1v) is 5.21. The molecule has 0 aromatic heterocycles. The van der Waals surface area contributed by atoms with Gasteiger partial charge in [-0.2, -0.15) is 0 Å². The third-order valence-corrected chi connectivity index (χ3v) is 2.63. The second-order valence-corrected chi connectivity index (χ2v) is 5.51. The van der Waals surface area contributed by atoms with E-state index in [-0.39, 0.29) is 0 Å². The highest BCUT2D eigenvalue weighted by molar-refractivity contribution is 4.78. The van der Waals surface area contributed by atoms with E-state index in [0.717, 1.165) is 12.0 Å². The number of piperidine rings is 1. The lowest BCUT2D eigenvalue weighted by molar-refractivity contribution is 0.224. The molecule has 0 radical (unpaired) electrons. The highest BCUT2D eigenvalue weighted by Gasteiger charge is 2.23. The summed E-state index contributed by atoms with van der Waals surface area (Å²) in [5.41, 5.74) is 0.516. The molecule has 12 heavy (non-hydrogen) atoms. The van der Waals surface area contributed by atoms with Gasteiger partial charge in [0.2, 0.25) is 0 Å². The van der Waals surface area contributed by atoms with Crippen molar-refractivity contribution in [1.82, 2.24) is 5.32 Å². The van der Waals surface area contributed by atoms with Crippen LogP contribution in [-0.2, 0) is 0 Å². The van der Waals surface area contributed by atoms with Gasteiger partial charge in [-0.05, 0) is 44.1 Å². The number of hydrogen-bond acceptors (Lipinski definition) is 1. The van der Waals surface area contributed by atoms with Crippen molar-refractivity contribution in [3.8, 4) is 0 Å². The van der Waals surface area contributed by atoms with Crippen molar-refractivity contribution in [3.63, 3.8) is 0 Å². The third kappa shape index (κ3) is 3.57. The summed E-state index contributed by atoms with van der Waals surface area (Å²) in [6.07, 6.45) is 4.14. The summed E-state index contributed by atoms with van der Waals surface area (Å²) in [5, 5.41) is 3.50. The molecule has 0 saturated carbocycles. The van der Waals surface area contributed by atoms with E-state index in [9.17, 15) is 0 Å². The largest absolute Gasteiger partial charge is 0.314 e. The van der Waals surface area contributed by atoms with Gasteiger partial charge in [0.05, 0.1) is 0 Å². The Bertz CT molecular complexity index is 134. The fourth-order valence-electron chi connectivity index (χ4n) is 2.29.